The topological polar surface area (TPSA) is 111 Å². The number of carboxylic acids is 1. The lowest BCUT2D eigenvalue weighted by Gasteiger charge is -2.16. The van der Waals surface area contributed by atoms with E-state index < -0.39 is 17.9 Å². The summed E-state index contributed by atoms with van der Waals surface area (Å²) in [5.41, 5.74) is 1.23. The fourth-order valence-electron chi connectivity index (χ4n) is 1.88. The Morgan fingerprint density at radius 1 is 1.29 bits per heavy atom. The molecule has 0 bridgehead atoms. The molecule has 0 saturated heterocycles. The molecule has 116 valence electrons. The highest BCUT2D eigenvalue weighted by atomic mass is 16.4. The van der Waals surface area contributed by atoms with E-state index in [4.69, 9.17) is 5.11 Å². The Morgan fingerprint density at radius 2 is 1.95 bits per heavy atom. The molecule has 7 nitrogen and oxygen atoms in total. The maximum atomic E-state index is 11.8. The molecule has 0 saturated carbocycles. The van der Waals surface area contributed by atoms with E-state index in [1.165, 1.54) is 0 Å². The van der Waals surface area contributed by atoms with Crippen molar-refractivity contribution < 1.29 is 19.5 Å². The van der Waals surface area contributed by atoms with Gasteiger partial charge < -0.3 is 20.7 Å². The zero-order valence-electron chi connectivity index (χ0n) is 12.4. The number of rotatable bonds is 7. The second kappa shape index (κ2) is 7.47. The van der Waals surface area contributed by atoms with Crippen molar-refractivity contribution in [3.63, 3.8) is 0 Å². The lowest BCUT2D eigenvalue weighted by atomic mass is 10.0. The van der Waals surface area contributed by atoms with Crippen LogP contribution < -0.4 is 10.6 Å². The van der Waals surface area contributed by atoms with Crippen molar-refractivity contribution in [2.75, 3.05) is 6.54 Å². The van der Waals surface area contributed by atoms with Crippen LogP contribution in [0.25, 0.3) is 0 Å². The summed E-state index contributed by atoms with van der Waals surface area (Å²) in [4.78, 5) is 37.3. The smallest absolute Gasteiger partial charge is 0.326 e. The minimum absolute atomic E-state index is 0.142. The van der Waals surface area contributed by atoms with Crippen molar-refractivity contribution in [3.8, 4) is 0 Å². The number of aromatic nitrogens is 1. The van der Waals surface area contributed by atoms with Crippen molar-refractivity contribution >= 4 is 17.8 Å². The molecule has 1 heterocycles. The second-order valence-corrected chi connectivity index (χ2v) is 5.32. The van der Waals surface area contributed by atoms with Gasteiger partial charge in [-0.25, -0.2) is 4.79 Å². The SMILES string of the molecule is Cc1c[nH]cc1C(=O)NCC(=O)N[C@@H](CC(C)C)C(=O)O. The number of carboxylic acid groups (broad SMARTS) is 1. The van der Waals surface area contributed by atoms with Gasteiger partial charge in [0.15, 0.2) is 0 Å². The molecule has 21 heavy (non-hydrogen) atoms. The molecule has 0 fully saturated rings. The third-order valence-corrected chi connectivity index (χ3v) is 2.95. The van der Waals surface area contributed by atoms with Gasteiger partial charge in [0, 0.05) is 12.4 Å². The van der Waals surface area contributed by atoms with Gasteiger partial charge in [0.05, 0.1) is 12.1 Å². The third-order valence-electron chi connectivity index (χ3n) is 2.95. The van der Waals surface area contributed by atoms with Crippen LogP contribution in [0.15, 0.2) is 12.4 Å². The minimum Gasteiger partial charge on any atom is -0.480 e. The zero-order valence-corrected chi connectivity index (χ0v) is 12.4. The van der Waals surface area contributed by atoms with E-state index in [1.807, 2.05) is 13.8 Å². The number of hydrogen-bond donors (Lipinski definition) is 4. The largest absolute Gasteiger partial charge is 0.480 e. The minimum atomic E-state index is -1.08. The van der Waals surface area contributed by atoms with Gasteiger partial charge in [-0.2, -0.15) is 0 Å². The van der Waals surface area contributed by atoms with Crippen molar-refractivity contribution in [2.24, 2.45) is 5.92 Å². The summed E-state index contributed by atoms with van der Waals surface area (Å²) in [6.07, 6.45) is 3.56. The van der Waals surface area contributed by atoms with Crippen molar-refractivity contribution in [2.45, 2.75) is 33.2 Å². The van der Waals surface area contributed by atoms with E-state index in [9.17, 15) is 14.4 Å². The van der Waals surface area contributed by atoms with Gasteiger partial charge in [-0.15, -0.1) is 0 Å². The van der Waals surface area contributed by atoms with Crippen molar-refractivity contribution in [1.29, 1.82) is 0 Å². The first-order chi connectivity index (χ1) is 9.81. The molecule has 7 heteroatoms. The van der Waals surface area contributed by atoms with Crippen LogP contribution in [0.2, 0.25) is 0 Å². The van der Waals surface area contributed by atoms with Gasteiger partial charge >= 0.3 is 5.97 Å². The first-order valence-electron chi connectivity index (χ1n) is 6.75. The summed E-state index contributed by atoms with van der Waals surface area (Å²) in [7, 11) is 0. The first-order valence-corrected chi connectivity index (χ1v) is 6.75. The number of H-pyrrole nitrogens is 1. The van der Waals surface area contributed by atoms with E-state index in [1.54, 1.807) is 19.3 Å². The van der Waals surface area contributed by atoms with Gasteiger partial charge in [0.25, 0.3) is 5.91 Å². The maximum Gasteiger partial charge on any atom is 0.326 e. The van der Waals surface area contributed by atoms with Crippen LogP contribution in [0.5, 0.6) is 0 Å². The molecule has 1 aromatic heterocycles. The number of amides is 2. The predicted molar refractivity (Wildman–Crippen MR) is 76.9 cm³/mol. The molecule has 0 aliphatic heterocycles. The Hall–Kier alpha value is -2.31. The van der Waals surface area contributed by atoms with E-state index in [0.717, 1.165) is 5.56 Å². The van der Waals surface area contributed by atoms with Gasteiger partial charge in [0.1, 0.15) is 6.04 Å². The predicted octanol–water partition coefficient (Wildman–Crippen LogP) is 0.668. The number of carbonyl (C=O) groups excluding carboxylic acids is 2. The molecule has 0 radical (unpaired) electrons. The standard InChI is InChI=1S/C14H21N3O4/c1-8(2)4-11(14(20)21)17-12(18)7-16-13(19)10-6-15-5-9(10)3/h5-6,8,11,15H,4,7H2,1-3H3,(H,16,19)(H,17,18)(H,20,21)/t11-/m0/s1. The summed E-state index contributed by atoms with van der Waals surface area (Å²) in [5.74, 6) is -1.84. The van der Waals surface area contributed by atoms with E-state index in [0.29, 0.717) is 12.0 Å². The normalized spacial score (nSPS) is 12.0. The highest BCUT2D eigenvalue weighted by molar-refractivity contribution is 5.97. The number of aliphatic carboxylic acids is 1. The van der Waals surface area contributed by atoms with Crippen LogP contribution in [0.1, 0.15) is 36.2 Å². The number of carbonyl (C=O) groups is 3. The number of aryl methyl sites for hydroxylation is 1. The fourth-order valence-corrected chi connectivity index (χ4v) is 1.88. The summed E-state index contributed by atoms with van der Waals surface area (Å²) >= 11 is 0. The fraction of sp³-hybridized carbons (Fsp3) is 0.500. The summed E-state index contributed by atoms with van der Waals surface area (Å²) in [6.45, 7) is 5.26. The van der Waals surface area contributed by atoms with Gasteiger partial charge in [-0.05, 0) is 24.8 Å². The van der Waals surface area contributed by atoms with E-state index in [2.05, 4.69) is 15.6 Å². The zero-order chi connectivity index (χ0) is 16.0. The molecule has 0 aromatic carbocycles. The summed E-state index contributed by atoms with van der Waals surface area (Å²) in [5, 5.41) is 13.9. The van der Waals surface area contributed by atoms with Crippen LogP contribution in [-0.2, 0) is 9.59 Å². The van der Waals surface area contributed by atoms with Crippen molar-refractivity contribution in [3.05, 3.63) is 23.5 Å². The Labute approximate surface area is 123 Å². The first kappa shape index (κ1) is 16.7. The van der Waals surface area contributed by atoms with Crippen LogP contribution in [-0.4, -0.2) is 40.5 Å². The van der Waals surface area contributed by atoms with Crippen LogP contribution in [0.3, 0.4) is 0 Å². The lowest BCUT2D eigenvalue weighted by Crippen LogP contribution is -2.46. The van der Waals surface area contributed by atoms with E-state index >= 15 is 0 Å². The average molecular weight is 295 g/mol. The summed E-state index contributed by atoms with van der Waals surface area (Å²) in [6, 6.07) is -0.941. The Morgan fingerprint density at radius 3 is 2.43 bits per heavy atom. The van der Waals surface area contributed by atoms with Crippen molar-refractivity contribution in [1.82, 2.24) is 15.6 Å². The summed E-state index contributed by atoms with van der Waals surface area (Å²) < 4.78 is 0. The lowest BCUT2D eigenvalue weighted by molar-refractivity contribution is -0.142. The second-order valence-electron chi connectivity index (χ2n) is 5.32. The Balaban J connectivity index is 2.48. The maximum absolute atomic E-state index is 11.8. The van der Waals surface area contributed by atoms with Gasteiger partial charge in [-0.1, -0.05) is 13.8 Å². The molecule has 1 atom stereocenters. The number of aromatic amines is 1. The third kappa shape index (κ3) is 5.29. The molecule has 4 N–H and O–H groups in total. The van der Waals surface area contributed by atoms with E-state index in [-0.39, 0.29) is 18.4 Å². The van der Waals surface area contributed by atoms with Gasteiger partial charge in [-0.3, -0.25) is 9.59 Å². The van der Waals surface area contributed by atoms with Crippen LogP contribution >= 0.6 is 0 Å². The molecule has 0 aliphatic carbocycles. The number of hydrogen-bond acceptors (Lipinski definition) is 3. The molecule has 0 unspecified atom stereocenters. The highest BCUT2D eigenvalue weighted by Gasteiger charge is 2.21. The Bertz CT molecular complexity index is 522. The van der Waals surface area contributed by atoms with Crippen LogP contribution in [0.4, 0.5) is 0 Å². The molecular weight excluding hydrogens is 274 g/mol. The molecule has 1 rings (SSSR count). The van der Waals surface area contributed by atoms with Gasteiger partial charge in [0.2, 0.25) is 5.91 Å². The molecule has 2 amide bonds. The number of nitrogens with one attached hydrogen (secondary N) is 3. The molecule has 1 aromatic rings. The molecule has 0 spiro atoms. The molecular formula is C14H21N3O4. The molecule has 0 aliphatic rings. The monoisotopic (exact) mass is 295 g/mol. The average Bonchev–Trinajstić information content (AvgIpc) is 2.81. The van der Waals surface area contributed by atoms with Crippen LogP contribution in [0, 0.1) is 12.8 Å². The Kier molecular flexibility index (Phi) is 5.95. The quantitative estimate of drug-likeness (QED) is 0.592. The highest BCUT2D eigenvalue weighted by Crippen LogP contribution is 2.06.